The van der Waals surface area contributed by atoms with Gasteiger partial charge >= 0.3 is 0 Å². The van der Waals surface area contributed by atoms with Crippen molar-refractivity contribution in [1.82, 2.24) is 9.55 Å². The number of anilines is 3. The number of fused-ring (bicyclic) bond motifs is 4. The van der Waals surface area contributed by atoms with E-state index in [1.807, 2.05) is 0 Å². The Morgan fingerprint density at radius 1 is 0.551 bits per heavy atom. The molecule has 0 aliphatic carbocycles. The van der Waals surface area contributed by atoms with Gasteiger partial charge in [-0.15, -0.1) is 0 Å². The Bertz CT molecular complexity index is 2380. The van der Waals surface area contributed by atoms with E-state index in [1.54, 1.807) is 0 Å². The average molecular weight is 640 g/mol. The fourth-order valence-corrected chi connectivity index (χ4v) is 6.88. The van der Waals surface area contributed by atoms with Gasteiger partial charge in [0.05, 0.1) is 11.0 Å². The van der Waals surface area contributed by atoms with Crippen molar-refractivity contribution < 1.29 is 4.42 Å². The molecule has 0 saturated heterocycles. The van der Waals surface area contributed by atoms with E-state index in [2.05, 4.69) is 191 Å². The Morgan fingerprint density at radius 3 is 1.65 bits per heavy atom. The number of oxazole rings is 1. The molecule has 2 heterocycles. The monoisotopic (exact) mass is 639 g/mol. The highest BCUT2D eigenvalue weighted by molar-refractivity contribution is 6.09. The van der Waals surface area contributed by atoms with Gasteiger partial charge in [-0.05, 0) is 95.3 Å². The summed E-state index contributed by atoms with van der Waals surface area (Å²) in [5.74, 6) is 0.639. The van der Waals surface area contributed by atoms with Crippen molar-refractivity contribution >= 4 is 50.0 Å². The van der Waals surface area contributed by atoms with E-state index in [9.17, 15) is 0 Å². The second kappa shape index (κ2) is 11.5. The molecule has 0 unspecified atom stereocenters. The molecular formula is C45H41N3O. The van der Waals surface area contributed by atoms with Gasteiger partial charge in [0.25, 0.3) is 0 Å². The van der Waals surface area contributed by atoms with Gasteiger partial charge in [-0.3, -0.25) is 0 Å². The third kappa shape index (κ3) is 5.47. The van der Waals surface area contributed by atoms with Crippen LogP contribution in [-0.2, 0) is 10.8 Å². The zero-order valence-corrected chi connectivity index (χ0v) is 29.0. The Labute approximate surface area is 288 Å². The molecule has 0 saturated carbocycles. The Morgan fingerprint density at radius 2 is 1.08 bits per heavy atom. The molecule has 49 heavy (non-hydrogen) atoms. The van der Waals surface area contributed by atoms with Crippen molar-refractivity contribution in [1.29, 1.82) is 0 Å². The number of nitrogens with zero attached hydrogens (tertiary/aromatic N) is 3. The highest BCUT2D eigenvalue weighted by Crippen LogP contribution is 2.40. The number of benzene rings is 6. The van der Waals surface area contributed by atoms with E-state index in [0.717, 1.165) is 39.4 Å². The summed E-state index contributed by atoms with van der Waals surface area (Å²) in [5.41, 5.74) is 11.9. The van der Waals surface area contributed by atoms with Crippen LogP contribution in [0.1, 0.15) is 52.7 Å². The predicted molar refractivity (Wildman–Crippen MR) is 206 cm³/mol. The van der Waals surface area contributed by atoms with Gasteiger partial charge in [0.1, 0.15) is 5.52 Å². The first kappa shape index (κ1) is 30.7. The van der Waals surface area contributed by atoms with Crippen LogP contribution in [0.5, 0.6) is 0 Å². The van der Waals surface area contributed by atoms with Crippen LogP contribution in [0.2, 0.25) is 0 Å². The van der Waals surface area contributed by atoms with E-state index in [4.69, 9.17) is 9.40 Å². The summed E-state index contributed by atoms with van der Waals surface area (Å²) in [6.07, 6.45) is 0. The van der Waals surface area contributed by atoms with E-state index in [-0.39, 0.29) is 10.8 Å². The molecule has 0 fully saturated rings. The van der Waals surface area contributed by atoms with Crippen LogP contribution >= 0.6 is 0 Å². The van der Waals surface area contributed by atoms with Crippen LogP contribution in [0.25, 0.3) is 50.0 Å². The van der Waals surface area contributed by atoms with E-state index in [1.165, 1.54) is 32.9 Å². The molecule has 0 radical (unpaired) electrons. The van der Waals surface area contributed by atoms with Crippen LogP contribution in [0.15, 0.2) is 144 Å². The van der Waals surface area contributed by atoms with Gasteiger partial charge in [0.15, 0.2) is 5.58 Å². The fourth-order valence-electron chi connectivity index (χ4n) is 6.88. The SMILES string of the molecule is CC(C)(C)c1cc(C(C)(C)C)c2oc(-c3ccc(N(c4ccccc4)c4ccc(-n5c6ccccc6c6ccccc65)cc4)cc3)nc2c1. The molecule has 6 aromatic carbocycles. The molecule has 0 aliphatic heterocycles. The van der Waals surface area contributed by atoms with Crippen LogP contribution in [0.4, 0.5) is 17.1 Å². The smallest absolute Gasteiger partial charge is 0.227 e. The van der Waals surface area contributed by atoms with Gasteiger partial charge in [-0.1, -0.05) is 102 Å². The third-order valence-electron chi connectivity index (χ3n) is 9.50. The summed E-state index contributed by atoms with van der Waals surface area (Å²) >= 11 is 0. The average Bonchev–Trinajstić information content (AvgIpc) is 3.68. The summed E-state index contributed by atoms with van der Waals surface area (Å²) in [4.78, 5) is 7.31. The molecule has 242 valence electrons. The largest absolute Gasteiger partial charge is 0.436 e. The zero-order chi connectivity index (χ0) is 33.9. The fraction of sp³-hybridized carbons (Fsp3) is 0.178. The van der Waals surface area contributed by atoms with Gasteiger partial charge in [0.2, 0.25) is 5.89 Å². The maximum absolute atomic E-state index is 6.53. The molecule has 8 aromatic rings. The second-order valence-electron chi connectivity index (χ2n) is 15.0. The van der Waals surface area contributed by atoms with Gasteiger partial charge in [-0.2, -0.15) is 0 Å². The second-order valence-corrected chi connectivity index (χ2v) is 15.0. The molecule has 0 bridgehead atoms. The molecule has 0 aliphatic rings. The van der Waals surface area contributed by atoms with E-state index < -0.39 is 0 Å². The summed E-state index contributed by atoms with van der Waals surface area (Å²) < 4.78 is 8.88. The highest BCUT2D eigenvalue weighted by atomic mass is 16.3. The van der Waals surface area contributed by atoms with Crippen LogP contribution in [0, 0.1) is 0 Å². The molecule has 0 amide bonds. The zero-order valence-electron chi connectivity index (χ0n) is 29.0. The normalized spacial score (nSPS) is 12.3. The molecule has 2 aromatic heterocycles. The molecule has 0 spiro atoms. The molecule has 8 rings (SSSR count). The standard InChI is InChI=1S/C45H41N3O/c1-44(2,3)31-28-38(45(4,5)6)42-39(29-31)46-43(49-42)30-20-22-33(23-21-30)47(32-14-8-7-9-15-32)34-24-26-35(27-25-34)48-40-18-12-10-16-36(40)37-17-11-13-19-41(37)48/h7-29H,1-6H3. The van der Waals surface area contributed by atoms with Crippen molar-refractivity contribution in [3.63, 3.8) is 0 Å². The minimum absolute atomic E-state index is 0.0114. The van der Waals surface area contributed by atoms with Crippen LogP contribution in [0.3, 0.4) is 0 Å². The topological polar surface area (TPSA) is 34.2 Å². The molecule has 0 N–H and O–H groups in total. The lowest BCUT2D eigenvalue weighted by molar-refractivity contribution is 0.552. The molecule has 0 atom stereocenters. The van der Waals surface area contributed by atoms with E-state index in [0.29, 0.717) is 5.89 Å². The molecular weight excluding hydrogens is 599 g/mol. The van der Waals surface area contributed by atoms with Crippen molar-refractivity contribution in [3.05, 3.63) is 151 Å². The lowest BCUT2D eigenvalue weighted by Gasteiger charge is -2.26. The van der Waals surface area contributed by atoms with Crippen LogP contribution in [-0.4, -0.2) is 9.55 Å². The molecule has 4 heteroatoms. The first-order chi connectivity index (χ1) is 23.6. The maximum Gasteiger partial charge on any atom is 0.227 e. The Hall–Kier alpha value is -5.61. The van der Waals surface area contributed by atoms with E-state index >= 15 is 0 Å². The predicted octanol–water partition coefficient (Wildman–Crippen LogP) is 12.7. The summed E-state index contributed by atoms with van der Waals surface area (Å²) in [6.45, 7) is 13.4. The molecule has 4 nitrogen and oxygen atoms in total. The number of hydrogen-bond donors (Lipinski definition) is 0. The minimum Gasteiger partial charge on any atom is -0.436 e. The van der Waals surface area contributed by atoms with Crippen molar-refractivity contribution in [3.8, 4) is 17.1 Å². The van der Waals surface area contributed by atoms with Gasteiger partial charge in [-0.25, -0.2) is 4.98 Å². The summed E-state index contributed by atoms with van der Waals surface area (Å²) in [7, 11) is 0. The summed E-state index contributed by atoms with van der Waals surface area (Å²) in [5, 5.41) is 2.52. The lowest BCUT2D eigenvalue weighted by Crippen LogP contribution is -2.16. The van der Waals surface area contributed by atoms with Crippen LogP contribution < -0.4 is 4.90 Å². The summed E-state index contributed by atoms with van der Waals surface area (Å²) in [6, 6.07) is 49.7. The minimum atomic E-state index is -0.0759. The number of rotatable bonds is 5. The lowest BCUT2D eigenvalue weighted by atomic mass is 9.80. The Balaban J connectivity index is 1.18. The number of para-hydroxylation sites is 3. The van der Waals surface area contributed by atoms with Crippen molar-refractivity contribution in [2.75, 3.05) is 4.90 Å². The van der Waals surface area contributed by atoms with Crippen molar-refractivity contribution in [2.45, 2.75) is 52.4 Å². The maximum atomic E-state index is 6.53. The Kier molecular flexibility index (Phi) is 7.22. The third-order valence-corrected chi connectivity index (χ3v) is 9.50. The first-order valence-electron chi connectivity index (χ1n) is 17.1. The first-order valence-corrected chi connectivity index (χ1v) is 17.1. The quantitative estimate of drug-likeness (QED) is 0.188. The number of hydrogen-bond acceptors (Lipinski definition) is 3. The van der Waals surface area contributed by atoms with Crippen molar-refractivity contribution in [2.24, 2.45) is 0 Å². The highest BCUT2D eigenvalue weighted by Gasteiger charge is 2.26. The number of aromatic nitrogens is 2. The van der Waals surface area contributed by atoms with Gasteiger partial charge in [0, 0.05) is 44.6 Å². The van der Waals surface area contributed by atoms with Gasteiger partial charge < -0.3 is 13.9 Å².